The van der Waals surface area contributed by atoms with Crippen LogP contribution in [0, 0.1) is 6.92 Å². The molecule has 14 heavy (non-hydrogen) atoms. The molecule has 1 heterocycles. The summed E-state index contributed by atoms with van der Waals surface area (Å²) in [5, 5.41) is 0. The number of nitrogens with two attached hydrogens (primary N) is 1. The lowest BCUT2D eigenvalue weighted by Crippen LogP contribution is -2.12. The van der Waals surface area contributed by atoms with Gasteiger partial charge in [0.2, 0.25) is 0 Å². The summed E-state index contributed by atoms with van der Waals surface area (Å²) in [7, 11) is 0. The Morgan fingerprint density at radius 2 is 2.14 bits per heavy atom. The van der Waals surface area contributed by atoms with Crippen LogP contribution in [0.5, 0.6) is 0 Å². The van der Waals surface area contributed by atoms with Gasteiger partial charge in [0.15, 0.2) is 0 Å². The number of rotatable bonds is 4. The molecule has 0 aliphatic heterocycles. The molecule has 0 spiro atoms. The van der Waals surface area contributed by atoms with E-state index in [0.717, 1.165) is 17.8 Å². The van der Waals surface area contributed by atoms with E-state index in [0.29, 0.717) is 0 Å². The Hall–Kier alpha value is -0.600. The lowest BCUT2D eigenvalue weighted by atomic mass is 10.1. The number of pyridine rings is 1. The van der Waals surface area contributed by atoms with E-state index < -0.39 is 0 Å². The van der Waals surface area contributed by atoms with Crippen LogP contribution in [0.4, 0.5) is 0 Å². The van der Waals surface area contributed by atoms with Crippen molar-refractivity contribution in [2.45, 2.75) is 39.2 Å². The van der Waals surface area contributed by atoms with Crippen LogP contribution >= 0.6 is 12.4 Å². The molecular weight excluding hydrogens is 196 g/mol. The fourth-order valence-corrected chi connectivity index (χ4v) is 1.34. The number of halogens is 1. The van der Waals surface area contributed by atoms with Gasteiger partial charge in [-0.05, 0) is 25.5 Å². The molecule has 0 saturated heterocycles. The van der Waals surface area contributed by atoms with Crippen molar-refractivity contribution in [3.8, 4) is 0 Å². The largest absolute Gasteiger partial charge is 0.323 e. The van der Waals surface area contributed by atoms with Crippen LogP contribution in [0.2, 0.25) is 0 Å². The highest BCUT2D eigenvalue weighted by Gasteiger charge is 2.05. The van der Waals surface area contributed by atoms with Gasteiger partial charge in [0, 0.05) is 11.7 Å². The van der Waals surface area contributed by atoms with Crippen LogP contribution in [0.15, 0.2) is 18.2 Å². The molecule has 2 N–H and O–H groups in total. The van der Waals surface area contributed by atoms with Gasteiger partial charge in [0.05, 0.1) is 5.69 Å². The second kappa shape index (κ2) is 6.80. The zero-order valence-electron chi connectivity index (χ0n) is 8.86. The molecule has 80 valence electrons. The molecule has 1 aromatic heterocycles. The molecule has 0 radical (unpaired) electrons. The SMILES string of the molecule is CCCC[C@@H](N)c1cccc(C)n1.Cl. The molecule has 2 nitrogen and oxygen atoms in total. The van der Waals surface area contributed by atoms with Gasteiger partial charge in [-0.1, -0.05) is 25.8 Å². The minimum atomic E-state index is 0. The Morgan fingerprint density at radius 1 is 1.43 bits per heavy atom. The third kappa shape index (κ3) is 4.07. The normalized spacial score (nSPS) is 11.9. The molecule has 0 amide bonds. The maximum Gasteiger partial charge on any atom is 0.0574 e. The molecule has 1 atom stereocenters. The van der Waals surface area contributed by atoms with E-state index in [9.17, 15) is 0 Å². The van der Waals surface area contributed by atoms with Crippen LogP contribution in [0.25, 0.3) is 0 Å². The summed E-state index contributed by atoms with van der Waals surface area (Å²) in [4.78, 5) is 4.40. The predicted molar refractivity (Wildman–Crippen MR) is 62.7 cm³/mol. The Bertz CT molecular complexity index is 263. The summed E-state index contributed by atoms with van der Waals surface area (Å²) in [6, 6.07) is 6.13. The Labute approximate surface area is 92.3 Å². The first kappa shape index (κ1) is 13.4. The van der Waals surface area contributed by atoms with E-state index in [2.05, 4.69) is 11.9 Å². The smallest absolute Gasteiger partial charge is 0.0574 e. The molecule has 0 bridgehead atoms. The second-order valence-corrected chi connectivity index (χ2v) is 3.45. The Morgan fingerprint density at radius 3 is 2.71 bits per heavy atom. The quantitative estimate of drug-likeness (QED) is 0.837. The minimum Gasteiger partial charge on any atom is -0.323 e. The monoisotopic (exact) mass is 214 g/mol. The van der Waals surface area contributed by atoms with Crippen LogP contribution in [-0.4, -0.2) is 4.98 Å². The van der Waals surface area contributed by atoms with Gasteiger partial charge >= 0.3 is 0 Å². The van der Waals surface area contributed by atoms with Gasteiger partial charge in [-0.2, -0.15) is 0 Å². The fourth-order valence-electron chi connectivity index (χ4n) is 1.34. The number of hydrogen-bond donors (Lipinski definition) is 1. The Kier molecular flexibility index (Phi) is 6.50. The lowest BCUT2D eigenvalue weighted by molar-refractivity contribution is 0.589. The molecule has 3 heteroatoms. The lowest BCUT2D eigenvalue weighted by Gasteiger charge is -2.10. The molecule has 0 aromatic carbocycles. The van der Waals surface area contributed by atoms with Crippen LogP contribution < -0.4 is 5.73 Å². The predicted octanol–water partition coefficient (Wildman–Crippen LogP) is 3.00. The van der Waals surface area contributed by atoms with Crippen molar-refractivity contribution in [1.82, 2.24) is 4.98 Å². The van der Waals surface area contributed by atoms with Crippen molar-refractivity contribution in [2.75, 3.05) is 0 Å². The van der Waals surface area contributed by atoms with E-state index in [1.54, 1.807) is 0 Å². The van der Waals surface area contributed by atoms with Gasteiger partial charge in [0.1, 0.15) is 0 Å². The third-order valence-electron chi connectivity index (χ3n) is 2.16. The Balaban J connectivity index is 0.00000169. The van der Waals surface area contributed by atoms with Crippen LogP contribution in [0.3, 0.4) is 0 Å². The number of unbranched alkanes of at least 4 members (excludes halogenated alkanes) is 1. The fraction of sp³-hybridized carbons (Fsp3) is 0.545. The number of aromatic nitrogens is 1. The second-order valence-electron chi connectivity index (χ2n) is 3.45. The standard InChI is InChI=1S/C11H18N2.ClH/c1-3-4-7-10(12)11-8-5-6-9(2)13-11;/h5-6,8,10H,3-4,7,12H2,1-2H3;1H/t10-;/m1./s1. The number of hydrogen-bond acceptors (Lipinski definition) is 2. The van der Waals surface area contributed by atoms with Crippen molar-refractivity contribution in [2.24, 2.45) is 5.73 Å². The first-order valence-corrected chi connectivity index (χ1v) is 4.93. The van der Waals surface area contributed by atoms with Crippen molar-refractivity contribution in [1.29, 1.82) is 0 Å². The van der Waals surface area contributed by atoms with Crippen LogP contribution in [0.1, 0.15) is 43.6 Å². The molecule has 1 rings (SSSR count). The van der Waals surface area contributed by atoms with Gasteiger partial charge in [-0.15, -0.1) is 12.4 Å². The van der Waals surface area contributed by atoms with Crippen molar-refractivity contribution in [3.05, 3.63) is 29.6 Å². The summed E-state index contributed by atoms with van der Waals surface area (Å²) in [5.74, 6) is 0. The molecule has 1 aromatic rings. The van der Waals surface area contributed by atoms with E-state index in [4.69, 9.17) is 5.73 Å². The average Bonchev–Trinajstić information content (AvgIpc) is 2.14. The molecule has 0 fully saturated rings. The van der Waals surface area contributed by atoms with E-state index in [1.165, 1.54) is 12.8 Å². The number of aryl methyl sites for hydroxylation is 1. The molecular formula is C11H19ClN2. The summed E-state index contributed by atoms with van der Waals surface area (Å²) in [6.45, 7) is 4.17. The highest BCUT2D eigenvalue weighted by atomic mass is 35.5. The van der Waals surface area contributed by atoms with Crippen molar-refractivity contribution < 1.29 is 0 Å². The van der Waals surface area contributed by atoms with Gasteiger partial charge in [0.25, 0.3) is 0 Å². The summed E-state index contributed by atoms with van der Waals surface area (Å²) in [5.41, 5.74) is 8.05. The zero-order chi connectivity index (χ0) is 9.68. The highest BCUT2D eigenvalue weighted by Crippen LogP contribution is 2.14. The van der Waals surface area contributed by atoms with Gasteiger partial charge in [-0.25, -0.2) is 0 Å². The van der Waals surface area contributed by atoms with Crippen LogP contribution in [-0.2, 0) is 0 Å². The summed E-state index contributed by atoms with van der Waals surface area (Å²) < 4.78 is 0. The maximum absolute atomic E-state index is 5.99. The summed E-state index contributed by atoms with van der Waals surface area (Å²) >= 11 is 0. The highest BCUT2D eigenvalue weighted by molar-refractivity contribution is 5.85. The molecule has 0 saturated carbocycles. The van der Waals surface area contributed by atoms with E-state index in [1.807, 2.05) is 25.1 Å². The minimum absolute atomic E-state index is 0. The van der Waals surface area contributed by atoms with Gasteiger partial charge in [-0.3, -0.25) is 4.98 Å². The maximum atomic E-state index is 5.99. The molecule has 0 unspecified atom stereocenters. The third-order valence-corrected chi connectivity index (χ3v) is 2.16. The van der Waals surface area contributed by atoms with E-state index in [-0.39, 0.29) is 18.4 Å². The first-order chi connectivity index (χ1) is 6.24. The number of nitrogens with zero attached hydrogens (tertiary/aromatic N) is 1. The zero-order valence-corrected chi connectivity index (χ0v) is 9.68. The van der Waals surface area contributed by atoms with E-state index >= 15 is 0 Å². The molecule has 0 aliphatic rings. The average molecular weight is 215 g/mol. The topological polar surface area (TPSA) is 38.9 Å². The first-order valence-electron chi connectivity index (χ1n) is 4.93. The van der Waals surface area contributed by atoms with Crippen molar-refractivity contribution >= 4 is 12.4 Å². The summed E-state index contributed by atoms with van der Waals surface area (Å²) in [6.07, 6.45) is 3.41. The van der Waals surface area contributed by atoms with Gasteiger partial charge < -0.3 is 5.73 Å². The molecule has 0 aliphatic carbocycles. The van der Waals surface area contributed by atoms with Crippen molar-refractivity contribution in [3.63, 3.8) is 0 Å².